The summed E-state index contributed by atoms with van der Waals surface area (Å²) in [5, 5.41) is 32.7. The van der Waals surface area contributed by atoms with Gasteiger partial charge in [-0.05, 0) is 70.2 Å². The Kier molecular flexibility index (Phi) is 10.2. The number of hydrogen-bond donors (Lipinski definition) is 5. The summed E-state index contributed by atoms with van der Waals surface area (Å²) in [4.78, 5) is 55.3. The Balaban J connectivity index is 0.000000355. The van der Waals surface area contributed by atoms with Gasteiger partial charge in [-0.25, -0.2) is 19.2 Å². The van der Waals surface area contributed by atoms with Gasteiger partial charge in [-0.1, -0.05) is 0 Å². The van der Waals surface area contributed by atoms with Crippen LogP contribution >= 0.6 is 0 Å². The molecule has 0 fully saturated rings. The van der Waals surface area contributed by atoms with Crippen LogP contribution in [0.5, 0.6) is 0 Å². The molecule has 0 saturated carbocycles. The summed E-state index contributed by atoms with van der Waals surface area (Å²) < 4.78 is 0. The van der Waals surface area contributed by atoms with E-state index in [-0.39, 0.29) is 5.91 Å². The number of aryl methyl sites for hydroxylation is 2. The Morgan fingerprint density at radius 1 is 0.750 bits per heavy atom. The molecule has 0 aromatic carbocycles. The highest BCUT2D eigenvalue weighted by Gasteiger charge is 2.25. The van der Waals surface area contributed by atoms with Crippen LogP contribution in [0.2, 0.25) is 0 Å². The van der Waals surface area contributed by atoms with Crippen LogP contribution in [-0.2, 0) is 49.7 Å². The second-order valence-corrected chi connectivity index (χ2v) is 7.40. The lowest BCUT2D eigenvalue weighted by Gasteiger charge is -2.22. The zero-order valence-corrected chi connectivity index (χ0v) is 17.9. The lowest BCUT2D eigenvalue weighted by molar-refractivity contribution is -0.159. The molecule has 0 radical (unpaired) electrons. The maximum atomic E-state index is 12.1. The number of nitrogens with zero attached hydrogens (tertiary/aromatic N) is 2. The second kappa shape index (κ2) is 12.3. The summed E-state index contributed by atoms with van der Waals surface area (Å²) in [6.07, 6.45) is 7.87. The molecule has 0 unspecified atom stereocenters. The number of amides is 1. The second-order valence-electron chi connectivity index (χ2n) is 7.40. The first-order chi connectivity index (χ1) is 14.9. The van der Waals surface area contributed by atoms with Gasteiger partial charge in [0.05, 0.1) is 12.2 Å². The Bertz CT molecular complexity index is 849. The molecule has 1 aromatic rings. The van der Waals surface area contributed by atoms with Crippen LogP contribution in [0.3, 0.4) is 0 Å². The molecule has 3 rings (SSSR count). The van der Waals surface area contributed by atoms with Gasteiger partial charge in [0.25, 0.3) is 0 Å². The number of likely N-dealkylation sites (N-methyl/N-ethyl adjacent to an activating group) is 1. The molecule has 2 aliphatic rings. The fourth-order valence-electron chi connectivity index (χ4n) is 3.36. The fraction of sp³-hybridized carbons (Fsp3) is 0.500. The lowest BCUT2D eigenvalue weighted by atomic mass is 9.92. The van der Waals surface area contributed by atoms with Crippen molar-refractivity contribution in [1.82, 2.24) is 9.88 Å². The van der Waals surface area contributed by atoms with Gasteiger partial charge in [-0.15, -0.1) is 0 Å². The van der Waals surface area contributed by atoms with Crippen molar-refractivity contribution < 1.29 is 44.4 Å². The summed E-state index contributed by atoms with van der Waals surface area (Å²) >= 11 is 0. The minimum absolute atomic E-state index is 0.0862. The third-order valence-corrected chi connectivity index (χ3v) is 4.59. The van der Waals surface area contributed by atoms with E-state index in [0.717, 1.165) is 31.4 Å². The molecular weight excluding hydrogens is 426 g/mol. The highest BCUT2D eigenvalue weighted by atomic mass is 16.4. The first-order valence-electron chi connectivity index (χ1n) is 9.84. The van der Waals surface area contributed by atoms with Gasteiger partial charge in [0.2, 0.25) is 5.91 Å². The molecule has 12 nitrogen and oxygen atoms in total. The molecule has 176 valence electrons. The molecule has 5 N–H and O–H groups in total. The quantitative estimate of drug-likeness (QED) is 0.394. The van der Waals surface area contributed by atoms with Crippen LogP contribution in [0.25, 0.3) is 0 Å². The van der Waals surface area contributed by atoms with Crippen LogP contribution < -0.4 is 5.32 Å². The molecule has 1 amide bonds. The van der Waals surface area contributed by atoms with Crippen LogP contribution in [-0.4, -0.2) is 80.7 Å². The number of pyridine rings is 1. The summed E-state index contributed by atoms with van der Waals surface area (Å²) in [5.41, 5.74) is 6.18. The Hall–Kier alpha value is -3.54. The first-order valence-corrected chi connectivity index (χ1v) is 9.84. The van der Waals surface area contributed by atoms with Gasteiger partial charge >= 0.3 is 23.9 Å². The third-order valence-electron chi connectivity index (χ3n) is 4.59. The minimum Gasteiger partial charge on any atom is -0.473 e. The topological polar surface area (TPSA) is 194 Å². The van der Waals surface area contributed by atoms with E-state index < -0.39 is 23.9 Å². The molecule has 0 spiro atoms. The zero-order chi connectivity index (χ0) is 24.4. The Morgan fingerprint density at radius 2 is 1.16 bits per heavy atom. The van der Waals surface area contributed by atoms with Crippen LogP contribution in [0, 0.1) is 0 Å². The monoisotopic (exact) mass is 453 g/mol. The number of carboxylic acid groups (broad SMARTS) is 4. The number of aliphatic carboxylic acids is 4. The van der Waals surface area contributed by atoms with Crippen molar-refractivity contribution in [3.05, 3.63) is 22.5 Å². The lowest BCUT2D eigenvalue weighted by Crippen LogP contribution is -2.28. The minimum atomic E-state index is -1.82. The number of rotatable bonds is 3. The largest absolute Gasteiger partial charge is 0.473 e. The Morgan fingerprint density at radius 3 is 1.59 bits per heavy atom. The van der Waals surface area contributed by atoms with Gasteiger partial charge in [-0.2, -0.15) is 0 Å². The van der Waals surface area contributed by atoms with Crippen molar-refractivity contribution in [2.75, 3.05) is 26.0 Å². The molecule has 1 aromatic heterocycles. The van der Waals surface area contributed by atoms with Gasteiger partial charge in [-0.3, -0.25) is 9.78 Å². The summed E-state index contributed by atoms with van der Waals surface area (Å²) in [7, 11) is 3.85. The number of carbonyl (C=O) groups is 5. The maximum absolute atomic E-state index is 12.1. The number of fused-ring (bicyclic) bond motifs is 2. The van der Waals surface area contributed by atoms with Crippen molar-refractivity contribution in [3.8, 4) is 0 Å². The molecule has 0 aliphatic heterocycles. The van der Waals surface area contributed by atoms with E-state index in [1.165, 1.54) is 41.8 Å². The normalized spacial score (nSPS) is 13.3. The van der Waals surface area contributed by atoms with Crippen molar-refractivity contribution >= 4 is 35.5 Å². The smallest absolute Gasteiger partial charge is 0.414 e. The summed E-state index contributed by atoms with van der Waals surface area (Å²) in [5.74, 6) is -7.21. The molecule has 12 heteroatoms. The maximum Gasteiger partial charge on any atom is 0.414 e. The molecule has 0 atom stereocenters. The molecule has 1 heterocycles. The summed E-state index contributed by atoms with van der Waals surface area (Å²) in [6, 6.07) is 0. The standard InChI is InChI=1S/C16H23N3O.2C2H2O4/c1-19(2)10-15(20)18-16-11-6-3-4-8-13(11)17-14-9-5-7-12(14)16;2*3-1(4)2(5)6/h3-10H2,1-2H3,(H,17,18,20);2*(H,3,4)(H,5,6). The molecule has 0 saturated heterocycles. The van der Waals surface area contributed by atoms with Crippen molar-refractivity contribution in [2.45, 2.75) is 44.9 Å². The number of carboxylic acids is 4. The van der Waals surface area contributed by atoms with E-state index in [9.17, 15) is 4.79 Å². The van der Waals surface area contributed by atoms with Gasteiger partial charge in [0, 0.05) is 11.4 Å². The SMILES string of the molecule is CN(C)CC(=O)Nc1c2c(nc3c1CCC3)CCCC2.O=C(O)C(=O)O.O=C(O)C(=O)O. The van der Waals surface area contributed by atoms with Gasteiger partial charge in [0.1, 0.15) is 0 Å². The van der Waals surface area contributed by atoms with E-state index >= 15 is 0 Å². The number of aromatic nitrogens is 1. The molecule has 32 heavy (non-hydrogen) atoms. The van der Waals surface area contributed by atoms with Crippen LogP contribution in [0.15, 0.2) is 0 Å². The fourth-order valence-corrected chi connectivity index (χ4v) is 3.36. The molecular formula is C20H27N3O9. The molecule has 0 bridgehead atoms. The average Bonchev–Trinajstić information content (AvgIpc) is 3.16. The van der Waals surface area contributed by atoms with Crippen molar-refractivity contribution in [1.29, 1.82) is 0 Å². The van der Waals surface area contributed by atoms with Crippen LogP contribution in [0.4, 0.5) is 5.69 Å². The van der Waals surface area contributed by atoms with E-state index in [1.807, 2.05) is 19.0 Å². The average molecular weight is 453 g/mol. The number of hydrogen-bond acceptors (Lipinski definition) is 7. The molecule has 2 aliphatic carbocycles. The first kappa shape index (κ1) is 26.5. The highest BCUT2D eigenvalue weighted by molar-refractivity contribution is 6.27. The van der Waals surface area contributed by atoms with Crippen molar-refractivity contribution in [2.24, 2.45) is 0 Å². The Labute approximate surface area is 183 Å². The van der Waals surface area contributed by atoms with Gasteiger partial charge in [0.15, 0.2) is 0 Å². The highest BCUT2D eigenvalue weighted by Crippen LogP contribution is 2.35. The van der Waals surface area contributed by atoms with Gasteiger partial charge < -0.3 is 30.6 Å². The van der Waals surface area contributed by atoms with E-state index in [0.29, 0.717) is 6.54 Å². The summed E-state index contributed by atoms with van der Waals surface area (Å²) in [6.45, 7) is 0.436. The predicted octanol–water partition coefficient (Wildman–Crippen LogP) is 0.260. The van der Waals surface area contributed by atoms with E-state index in [1.54, 1.807) is 0 Å². The van der Waals surface area contributed by atoms with Crippen LogP contribution in [0.1, 0.15) is 41.8 Å². The van der Waals surface area contributed by atoms with E-state index in [2.05, 4.69) is 5.32 Å². The number of anilines is 1. The van der Waals surface area contributed by atoms with E-state index in [4.69, 9.17) is 44.6 Å². The number of nitrogens with one attached hydrogen (secondary N) is 1. The number of carbonyl (C=O) groups excluding carboxylic acids is 1. The predicted molar refractivity (Wildman–Crippen MR) is 111 cm³/mol. The van der Waals surface area contributed by atoms with Crippen molar-refractivity contribution in [3.63, 3.8) is 0 Å². The third kappa shape index (κ3) is 8.30. The zero-order valence-electron chi connectivity index (χ0n) is 17.9.